The molecule has 0 saturated heterocycles. The molecule has 0 saturated carbocycles. The molecule has 7 nitrogen and oxygen atoms in total. The molecule has 33 heavy (non-hydrogen) atoms. The van der Waals surface area contributed by atoms with Gasteiger partial charge in [-0.2, -0.15) is 0 Å². The van der Waals surface area contributed by atoms with Crippen LogP contribution in [-0.2, 0) is 0 Å². The second kappa shape index (κ2) is 11.3. The van der Waals surface area contributed by atoms with E-state index in [9.17, 15) is 5.11 Å². The van der Waals surface area contributed by atoms with Gasteiger partial charge in [-0.25, -0.2) is 0 Å². The number of hydrogen-bond acceptors (Lipinski definition) is 8. The van der Waals surface area contributed by atoms with Gasteiger partial charge in [-0.3, -0.25) is 0 Å². The molecule has 3 aromatic carbocycles. The second-order valence-electron chi connectivity index (χ2n) is 6.76. The van der Waals surface area contributed by atoms with E-state index in [0.717, 1.165) is 21.7 Å². The van der Waals surface area contributed by atoms with Crippen molar-refractivity contribution in [3.63, 3.8) is 0 Å². The van der Waals surface area contributed by atoms with Crippen molar-refractivity contribution in [2.24, 2.45) is 0 Å². The largest absolute Gasteiger partial charge is 0.508 e. The van der Waals surface area contributed by atoms with Gasteiger partial charge < -0.3 is 33.5 Å². The number of hydrogen-bond donors (Lipinski definition) is 2. The van der Waals surface area contributed by atoms with Crippen LogP contribution in [0.4, 0.5) is 5.69 Å². The molecule has 0 unspecified atom stereocenters. The molecule has 0 aromatic heterocycles. The monoisotopic (exact) mass is 469 g/mol. The van der Waals surface area contributed by atoms with Crippen LogP contribution < -0.4 is 28.4 Å². The van der Waals surface area contributed by atoms with E-state index in [4.69, 9.17) is 23.7 Å². The van der Waals surface area contributed by atoms with Crippen LogP contribution in [0.15, 0.2) is 53.4 Å². The Hall–Kier alpha value is -3.65. The van der Waals surface area contributed by atoms with E-state index in [-0.39, 0.29) is 5.75 Å². The third-order valence-electron chi connectivity index (χ3n) is 4.83. The number of phenolic OH excluding ortho intramolecular Hbond substituents is 1. The van der Waals surface area contributed by atoms with E-state index in [0.29, 0.717) is 28.7 Å². The summed E-state index contributed by atoms with van der Waals surface area (Å²) in [6.07, 6.45) is 3.91. The molecule has 0 amide bonds. The van der Waals surface area contributed by atoms with E-state index in [1.807, 2.05) is 48.6 Å². The molecular formula is C25H27NO6S. The maximum absolute atomic E-state index is 9.52. The summed E-state index contributed by atoms with van der Waals surface area (Å²) in [4.78, 5) is 0.928. The molecule has 8 heteroatoms. The third-order valence-corrected chi connectivity index (χ3v) is 5.64. The molecule has 0 aliphatic rings. The van der Waals surface area contributed by atoms with E-state index >= 15 is 0 Å². The van der Waals surface area contributed by atoms with Crippen molar-refractivity contribution in [1.29, 1.82) is 0 Å². The Morgan fingerprint density at radius 2 is 1.30 bits per heavy atom. The first-order chi connectivity index (χ1) is 16.0. The predicted molar refractivity (Wildman–Crippen MR) is 132 cm³/mol. The van der Waals surface area contributed by atoms with Crippen molar-refractivity contribution in [1.82, 2.24) is 0 Å². The molecule has 0 radical (unpaired) electrons. The van der Waals surface area contributed by atoms with Gasteiger partial charge in [0.05, 0.1) is 41.2 Å². The highest BCUT2D eigenvalue weighted by molar-refractivity contribution is 8.00. The van der Waals surface area contributed by atoms with Crippen molar-refractivity contribution < 1.29 is 28.8 Å². The van der Waals surface area contributed by atoms with Gasteiger partial charge in [0.1, 0.15) is 5.75 Å². The molecule has 3 aromatic rings. The lowest BCUT2D eigenvalue weighted by atomic mass is 10.1. The lowest BCUT2D eigenvalue weighted by molar-refractivity contribution is 0.324. The molecule has 0 fully saturated rings. The number of methoxy groups -OCH3 is 5. The van der Waals surface area contributed by atoms with Gasteiger partial charge in [0.15, 0.2) is 23.0 Å². The minimum atomic E-state index is 0.215. The highest BCUT2D eigenvalue weighted by atomic mass is 32.2. The number of benzene rings is 3. The normalized spacial score (nSPS) is 10.7. The summed E-state index contributed by atoms with van der Waals surface area (Å²) in [5.74, 6) is 3.09. The fourth-order valence-corrected chi connectivity index (χ4v) is 3.90. The molecule has 3 rings (SSSR count). The zero-order valence-corrected chi connectivity index (χ0v) is 20.0. The van der Waals surface area contributed by atoms with Gasteiger partial charge in [-0.05, 0) is 66.0 Å². The van der Waals surface area contributed by atoms with Gasteiger partial charge >= 0.3 is 0 Å². The first kappa shape index (κ1) is 24.0. The number of nitrogens with one attached hydrogen (secondary N) is 1. The van der Waals surface area contributed by atoms with Crippen LogP contribution in [0, 0.1) is 0 Å². The molecule has 0 heterocycles. The van der Waals surface area contributed by atoms with Gasteiger partial charge in [0.2, 0.25) is 5.75 Å². The molecule has 2 N–H and O–H groups in total. The topological polar surface area (TPSA) is 78.4 Å². The minimum absolute atomic E-state index is 0.215. The molecule has 0 aliphatic heterocycles. The number of anilines is 1. The van der Waals surface area contributed by atoms with Gasteiger partial charge in [0, 0.05) is 10.5 Å². The molecule has 0 spiro atoms. The zero-order valence-electron chi connectivity index (χ0n) is 19.2. The smallest absolute Gasteiger partial charge is 0.203 e. The Labute approximate surface area is 198 Å². The number of rotatable bonds is 10. The average Bonchev–Trinajstić information content (AvgIpc) is 2.85. The summed E-state index contributed by atoms with van der Waals surface area (Å²) in [5, 5.41) is 9.52. The standard InChI is InChI=1S/C25H27NO6S/c1-28-20-13-8-17(7-6-16-14-21(29-2)24(31-4)22(15-16)30-3)23(25(20)32-5)26-33-19-11-9-18(27)10-12-19/h6-15,26-27H,1-5H3/b7-6-. The minimum Gasteiger partial charge on any atom is -0.508 e. The van der Waals surface area contributed by atoms with E-state index in [1.165, 1.54) is 11.9 Å². The van der Waals surface area contributed by atoms with Crippen molar-refractivity contribution in [2.75, 3.05) is 40.3 Å². The Balaban J connectivity index is 1.98. The number of aromatic hydroxyl groups is 1. The third kappa shape index (κ3) is 5.59. The highest BCUT2D eigenvalue weighted by Gasteiger charge is 2.15. The molecular weight excluding hydrogens is 442 g/mol. The van der Waals surface area contributed by atoms with Crippen LogP contribution in [-0.4, -0.2) is 40.7 Å². The maximum atomic E-state index is 9.52. The summed E-state index contributed by atoms with van der Waals surface area (Å²) in [6.45, 7) is 0. The number of phenols is 1. The van der Waals surface area contributed by atoms with E-state index in [2.05, 4.69) is 4.72 Å². The fraction of sp³-hybridized carbons (Fsp3) is 0.200. The van der Waals surface area contributed by atoms with Crippen LogP contribution >= 0.6 is 11.9 Å². The van der Waals surface area contributed by atoms with Crippen molar-refractivity contribution >= 4 is 29.8 Å². The van der Waals surface area contributed by atoms with E-state index < -0.39 is 0 Å². The average molecular weight is 470 g/mol. The zero-order chi connectivity index (χ0) is 23.8. The van der Waals surface area contributed by atoms with Crippen LogP contribution in [0.2, 0.25) is 0 Å². The maximum Gasteiger partial charge on any atom is 0.203 e. The van der Waals surface area contributed by atoms with Gasteiger partial charge in [-0.15, -0.1) is 0 Å². The second-order valence-corrected chi connectivity index (χ2v) is 7.63. The molecule has 0 atom stereocenters. The molecule has 174 valence electrons. The Bertz CT molecular complexity index is 1090. The van der Waals surface area contributed by atoms with Crippen molar-refractivity contribution in [2.45, 2.75) is 4.90 Å². The first-order valence-corrected chi connectivity index (χ1v) is 10.8. The molecule has 0 bridgehead atoms. The Morgan fingerprint density at radius 3 is 1.85 bits per heavy atom. The fourth-order valence-electron chi connectivity index (χ4n) is 3.19. The van der Waals surface area contributed by atoms with Gasteiger partial charge in [0.25, 0.3) is 0 Å². The predicted octanol–water partition coefficient (Wildman–Crippen LogP) is 5.72. The van der Waals surface area contributed by atoms with Crippen LogP contribution in [0.3, 0.4) is 0 Å². The SMILES string of the molecule is COc1cc(/C=C\c2ccc(OC)c(OC)c2NSc2ccc(O)cc2)cc(OC)c1OC. The lowest BCUT2D eigenvalue weighted by Gasteiger charge is -2.16. The Kier molecular flexibility index (Phi) is 8.21. The number of ether oxygens (including phenoxy) is 5. The van der Waals surface area contributed by atoms with Gasteiger partial charge in [-0.1, -0.05) is 12.2 Å². The van der Waals surface area contributed by atoms with Crippen molar-refractivity contribution in [3.8, 4) is 34.5 Å². The summed E-state index contributed by atoms with van der Waals surface area (Å²) in [5.41, 5.74) is 2.50. The summed E-state index contributed by atoms with van der Waals surface area (Å²) in [6, 6.07) is 14.5. The lowest BCUT2D eigenvalue weighted by Crippen LogP contribution is -1.98. The van der Waals surface area contributed by atoms with Crippen LogP contribution in [0.1, 0.15) is 11.1 Å². The summed E-state index contributed by atoms with van der Waals surface area (Å²) in [7, 11) is 7.94. The highest BCUT2D eigenvalue weighted by Crippen LogP contribution is 2.42. The Morgan fingerprint density at radius 1 is 0.697 bits per heavy atom. The first-order valence-electron chi connectivity index (χ1n) is 9.99. The van der Waals surface area contributed by atoms with Crippen molar-refractivity contribution in [3.05, 3.63) is 59.7 Å². The van der Waals surface area contributed by atoms with Crippen LogP contribution in [0.25, 0.3) is 12.2 Å². The van der Waals surface area contributed by atoms with E-state index in [1.54, 1.807) is 47.7 Å². The quantitative estimate of drug-likeness (QED) is 0.288. The van der Waals surface area contributed by atoms with Crippen LogP contribution in [0.5, 0.6) is 34.5 Å². The summed E-state index contributed by atoms with van der Waals surface area (Å²) >= 11 is 1.40. The molecule has 0 aliphatic carbocycles. The summed E-state index contributed by atoms with van der Waals surface area (Å²) < 4.78 is 30.8.